The van der Waals surface area contributed by atoms with E-state index in [9.17, 15) is 15.2 Å². The summed E-state index contributed by atoms with van der Waals surface area (Å²) in [6.07, 6.45) is 0.205. The number of nitrogens with two attached hydrogens (primary N) is 1. The second-order valence-corrected chi connectivity index (χ2v) is 3.00. The summed E-state index contributed by atoms with van der Waals surface area (Å²) >= 11 is 0. The number of hydrogen-bond donors (Lipinski definition) is 2. The Balaban J connectivity index is 2.88. The van der Waals surface area contributed by atoms with E-state index < -0.39 is 17.1 Å². The van der Waals surface area contributed by atoms with Crippen LogP contribution in [0.3, 0.4) is 0 Å². The topological polar surface area (TPSA) is 102 Å². The highest BCUT2D eigenvalue weighted by molar-refractivity contribution is 5.27. The Hall–Kier alpha value is -1.53. The molecule has 0 aromatic carbocycles. The van der Waals surface area contributed by atoms with E-state index in [4.69, 9.17) is 5.73 Å². The van der Waals surface area contributed by atoms with Crippen molar-refractivity contribution in [1.29, 1.82) is 0 Å². The molecule has 3 N–H and O–H groups in total. The molecule has 1 heterocycles. The van der Waals surface area contributed by atoms with Gasteiger partial charge >= 0.3 is 0 Å². The quantitative estimate of drug-likeness (QED) is 0.538. The zero-order valence-corrected chi connectivity index (χ0v) is 7.62. The lowest BCUT2D eigenvalue weighted by atomic mass is 10.1. The second-order valence-electron chi connectivity index (χ2n) is 3.00. The second kappa shape index (κ2) is 4.12. The average Bonchev–Trinajstić information content (AvgIpc) is 2.16. The van der Waals surface area contributed by atoms with E-state index >= 15 is 0 Å². The summed E-state index contributed by atoms with van der Waals surface area (Å²) in [7, 11) is 0. The maximum atomic E-state index is 10.3. The third-order valence-corrected chi connectivity index (χ3v) is 1.78. The first-order valence-electron chi connectivity index (χ1n) is 4.06. The molecule has 0 saturated heterocycles. The lowest BCUT2D eigenvalue weighted by Crippen LogP contribution is -2.25. The molecule has 0 aliphatic rings. The molecule has 0 aliphatic carbocycles. The molecule has 0 unspecified atom stereocenters. The average molecular weight is 197 g/mol. The van der Waals surface area contributed by atoms with Crippen molar-refractivity contribution in [2.45, 2.75) is 19.1 Å². The molecule has 0 radical (unpaired) electrons. The van der Waals surface area contributed by atoms with E-state index in [1.807, 2.05) is 0 Å². The van der Waals surface area contributed by atoms with Crippen molar-refractivity contribution in [1.82, 2.24) is 4.98 Å². The Morgan fingerprint density at radius 1 is 1.64 bits per heavy atom. The van der Waals surface area contributed by atoms with Crippen molar-refractivity contribution < 1.29 is 10.0 Å². The fourth-order valence-corrected chi connectivity index (χ4v) is 0.950. The smallest absolute Gasteiger partial charge is 0.287 e. The van der Waals surface area contributed by atoms with E-state index in [0.717, 1.165) is 6.20 Å². The number of aromatic nitrogens is 1. The van der Waals surface area contributed by atoms with Gasteiger partial charge in [-0.25, -0.2) is 0 Å². The Morgan fingerprint density at radius 3 is 2.64 bits per heavy atom. The molecule has 6 heteroatoms. The number of hydrogen-bond acceptors (Lipinski definition) is 5. The molecule has 14 heavy (non-hydrogen) atoms. The largest absolute Gasteiger partial charge is 0.385 e. The monoisotopic (exact) mass is 197 g/mol. The molecule has 0 fully saturated rings. The summed E-state index contributed by atoms with van der Waals surface area (Å²) in [6, 6.07) is 2.23. The maximum absolute atomic E-state index is 10.3. The van der Waals surface area contributed by atoms with Gasteiger partial charge < -0.3 is 10.8 Å². The highest BCUT2D eigenvalue weighted by Crippen LogP contribution is 2.15. The van der Waals surface area contributed by atoms with E-state index in [1.165, 1.54) is 12.1 Å². The molecule has 0 amide bonds. The maximum Gasteiger partial charge on any atom is 0.287 e. The van der Waals surface area contributed by atoms with Crippen molar-refractivity contribution in [3.05, 3.63) is 34.1 Å². The molecule has 0 bridgehead atoms. The Labute approximate surface area is 80.5 Å². The molecule has 1 rings (SSSR count). The van der Waals surface area contributed by atoms with Gasteiger partial charge in [0.15, 0.2) is 0 Å². The lowest BCUT2D eigenvalue weighted by molar-refractivity contribution is -0.385. The standard InChI is InChI=1S/C8H11N3O3/c1-5(9)8(12)7-3-2-6(4-10-7)11(13)14/h2-5,8,12H,9H2,1H3/t5-,8-/m1/s1. The van der Waals surface area contributed by atoms with Gasteiger partial charge in [-0.05, 0) is 13.0 Å². The molecule has 6 nitrogen and oxygen atoms in total. The van der Waals surface area contributed by atoms with Crippen LogP contribution in [0, 0.1) is 10.1 Å². The predicted octanol–water partition coefficient (Wildman–Crippen LogP) is 0.370. The van der Waals surface area contributed by atoms with Gasteiger partial charge in [0, 0.05) is 12.1 Å². The number of rotatable bonds is 3. The van der Waals surface area contributed by atoms with E-state index in [-0.39, 0.29) is 5.69 Å². The van der Waals surface area contributed by atoms with Gasteiger partial charge in [-0.2, -0.15) is 0 Å². The van der Waals surface area contributed by atoms with Crippen molar-refractivity contribution >= 4 is 5.69 Å². The van der Waals surface area contributed by atoms with Crippen molar-refractivity contribution in [2.75, 3.05) is 0 Å². The minimum atomic E-state index is -0.893. The molecule has 0 spiro atoms. The van der Waals surface area contributed by atoms with Crippen LogP contribution in [0.5, 0.6) is 0 Å². The Bertz CT molecular complexity index is 323. The van der Waals surface area contributed by atoms with Gasteiger partial charge in [0.1, 0.15) is 12.3 Å². The molecule has 76 valence electrons. The summed E-state index contributed by atoms with van der Waals surface area (Å²) in [4.78, 5) is 13.5. The SMILES string of the molecule is C[C@@H](N)[C@@H](O)c1ccc([N+](=O)[O-])cn1. The predicted molar refractivity (Wildman–Crippen MR) is 49.5 cm³/mol. The fourth-order valence-electron chi connectivity index (χ4n) is 0.950. The van der Waals surface area contributed by atoms with E-state index in [2.05, 4.69) is 4.98 Å². The first-order valence-corrected chi connectivity index (χ1v) is 4.06. The van der Waals surface area contributed by atoms with Crippen LogP contribution in [0.1, 0.15) is 18.7 Å². The number of nitro groups is 1. The van der Waals surface area contributed by atoms with E-state index in [0.29, 0.717) is 5.69 Å². The minimum Gasteiger partial charge on any atom is -0.385 e. The normalized spacial score (nSPS) is 14.8. The summed E-state index contributed by atoms with van der Waals surface area (Å²) < 4.78 is 0. The van der Waals surface area contributed by atoms with Gasteiger partial charge in [0.25, 0.3) is 5.69 Å². The molecular formula is C8H11N3O3. The minimum absolute atomic E-state index is 0.106. The van der Waals surface area contributed by atoms with Gasteiger partial charge in [-0.3, -0.25) is 15.1 Å². The summed E-state index contributed by atoms with van der Waals surface area (Å²) in [5.41, 5.74) is 5.67. The zero-order chi connectivity index (χ0) is 10.7. The van der Waals surface area contributed by atoms with Crippen LogP contribution < -0.4 is 5.73 Å². The van der Waals surface area contributed by atoms with Crippen molar-refractivity contribution in [2.24, 2.45) is 5.73 Å². The molecule has 2 atom stereocenters. The Kier molecular flexibility index (Phi) is 3.10. The number of aliphatic hydroxyl groups excluding tert-OH is 1. The van der Waals surface area contributed by atoms with Gasteiger partial charge in [0.2, 0.25) is 0 Å². The summed E-state index contributed by atoms with van der Waals surface area (Å²) in [5, 5.41) is 19.8. The van der Waals surface area contributed by atoms with Crippen LogP contribution in [0.4, 0.5) is 5.69 Å². The number of nitrogens with zero attached hydrogens (tertiary/aromatic N) is 2. The van der Waals surface area contributed by atoms with Gasteiger partial charge in [-0.1, -0.05) is 0 Å². The van der Waals surface area contributed by atoms with Gasteiger partial charge in [-0.15, -0.1) is 0 Å². The van der Waals surface area contributed by atoms with Crippen LogP contribution in [0.25, 0.3) is 0 Å². The van der Waals surface area contributed by atoms with Crippen LogP contribution in [-0.4, -0.2) is 21.1 Å². The molecule has 1 aromatic heterocycles. The summed E-state index contributed by atoms with van der Waals surface area (Å²) in [6.45, 7) is 1.63. The van der Waals surface area contributed by atoms with Crippen LogP contribution >= 0.6 is 0 Å². The molecular weight excluding hydrogens is 186 g/mol. The third kappa shape index (κ3) is 2.24. The Morgan fingerprint density at radius 2 is 2.29 bits per heavy atom. The zero-order valence-electron chi connectivity index (χ0n) is 7.62. The fraction of sp³-hybridized carbons (Fsp3) is 0.375. The first kappa shape index (κ1) is 10.6. The number of pyridine rings is 1. The van der Waals surface area contributed by atoms with Crippen LogP contribution in [0.2, 0.25) is 0 Å². The first-order chi connectivity index (χ1) is 6.52. The van der Waals surface area contributed by atoms with Crippen LogP contribution in [0.15, 0.2) is 18.3 Å². The third-order valence-electron chi connectivity index (χ3n) is 1.78. The molecule has 1 aromatic rings. The van der Waals surface area contributed by atoms with Crippen LogP contribution in [-0.2, 0) is 0 Å². The molecule has 0 saturated carbocycles. The van der Waals surface area contributed by atoms with Crippen molar-refractivity contribution in [3.63, 3.8) is 0 Å². The number of aliphatic hydroxyl groups is 1. The summed E-state index contributed by atoms with van der Waals surface area (Å²) in [5.74, 6) is 0. The van der Waals surface area contributed by atoms with Gasteiger partial charge in [0.05, 0.1) is 10.6 Å². The van der Waals surface area contributed by atoms with E-state index in [1.54, 1.807) is 6.92 Å². The van der Waals surface area contributed by atoms with Crippen molar-refractivity contribution in [3.8, 4) is 0 Å². The lowest BCUT2D eigenvalue weighted by Gasteiger charge is -2.12. The highest BCUT2D eigenvalue weighted by atomic mass is 16.6. The molecule has 0 aliphatic heterocycles. The highest BCUT2D eigenvalue weighted by Gasteiger charge is 2.15.